The minimum Gasteiger partial charge on any atom is -0.466 e. The molecule has 0 radical (unpaired) electrons. The minimum atomic E-state index is -0.365. The van der Waals surface area contributed by atoms with Gasteiger partial charge in [-0.05, 0) is 55.0 Å². The van der Waals surface area contributed by atoms with Gasteiger partial charge in [0.05, 0.1) is 19.1 Å². The van der Waals surface area contributed by atoms with E-state index < -0.39 is 0 Å². The van der Waals surface area contributed by atoms with Gasteiger partial charge < -0.3 is 14.5 Å². The molecule has 2 amide bonds. The zero-order valence-corrected chi connectivity index (χ0v) is 21.8. The molecule has 3 heterocycles. The maximum absolute atomic E-state index is 14.0. The number of halogens is 1. The zero-order chi connectivity index (χ0) is 25.7. The van der Waals surface area contributed by atoms with E-state index in [2.05, 4.69) is 16.3 Å². The van der Waals surface area contributed by atoms with Crippen LogP contribution in [0.3, 0.4) is 0 Å². The number of amides is 2. The molecule has 36 heavy (non-hydrogen) atoms. The highest BCUT2D eigenvalue weighted by atomic mass is 32.1. The van der Waals surface area contributed by atoms with Gasteiger partial charge in [0, 0.05) is 56.5 Å². The molecule has 1 saturated heterocycles. The third-order valence-electron chi connectivity index (χ3n) is 6.99. The molecule has 1 aromatic heterocycles. The Kier molecular flexibility index (Phi) is 8.74. The molecule has 4 rings (SSSR count). The van der Waals surface area contributed by atoms with Crippen molar-refractivity contribution in [2.45, 2.75) is 51.6 Å². The number of carbonyl (C=O) groups is 3. The van der Waals surface area contributed by atoms with Crippen molar-refractivity contribution in [1.82, 2.24) is 14.7 Å². The third kappa shape index (κ3) is 6.13. The molecule has 9 heteroatoms. The van der Waals surface area contributed by atoms with E-state index in [0.29, 0.717) is 39.2 Å². The molecule has 2 aliphatic heterocycles. The molecule has 0 N–H and O–H groups in total. The largest absolute Gasteiger partial charge is 0.466 e. The van der Waals surface area contributed by atoms with Crippen LogP contribution in [0.25, 0.3) is 0 Å². The number of ether oxygens (including phenoxy) is 1. The van der Waals surface area contributed by atoms with Gasteiger partial charge in [-0.1, -0.05) is 12.1 Å². The topological polar surface area (TPSA) is 70.2 Å². The lowest BCUT2D eigenvalue weighted by atomic mass is 9.93. The summed E-state index contributed by atoms with van der Waals surface area (Å²) in [5, 5.41) is 2.08. The molecule has 0 spiro atoms. The fraction of sp³-hybridized carbons (Fsp3) is 0.519. The van der Waals surface area contributed by atoms with Crippen molar-refractivity contribution >= 4 is 29.1 Å². The van der Waals surface area contributed by atoms with E-state index in [9.17, 15) is 18.8 Å². The highest BCUT2D eigenvalue weighted by molar-refractivity contribution is 7.10. The molecular formula is C27H34FN3O4S. The van der Waals surface area contributed by atoms with Crippen LogP contribution in [-0.2, 0) is 25.5 Å². The Hall–Kier alpha value is -2.78. The first kappa shape index (κ1) is 26.3. The van der Waals surface area contributed by atoms with Crippen molar-refractivity contribution in [1.29, 1.82) is 0 Å². The number of hydrogen-bond donors (Lipinski definition) is 0. The molecule has 2 aliphatic rings. The maximum atomic E-state index is 14.0. The lowest BCUT2D eigenvalue weighted by Crippen LogP contribution is -2.55. The molecule has 0 unspecified atom stereocenters. The van der Waals surface area contributed by atoms with E-state index in [1.807, 2.05) is 17.9 Å². The summed E-state index contributed by atoms with van der Waals surface area (Å²) in [5.41, 5.74) is 2.11. The van der Waals surface area contributed by atoms with Crippen LogP contribution in [0.5, 0.6) is 0 Å². The lowest BCUT2D eigenvalue weighted by molar-refractivity contribution is -0.147. The Morgan fingerprint density at radius 1 is 1.08 bits per heavy atom. The minimum absolute atomic E-state index is 0.0590. The summed E-state index contributed by atoms with van der Waals surface area (Å²) in [4.78, 5) is 44.5. The van der Waals surface area contributed by atoms with E-state index in [1.165, 1.54) is 16.5 Å². The first-order valence-electron chi connectivity index (χ1n) is 12.7. The van der Waals surface area contributed by atoms with Gasteiger partial charge in [0.15, 0.2) is 0 Å². The van der Waals surface area contributed by atoms with Crippen LogP contribution in [-0.4, -0.2) is 77.9 Å². The van der Waals surface area contributed by atoms with Crippen molar-refractivity contribution in [2.75, 3.05) is 39.3 Å². The van der Waals surface area contributed by atoms with Crippen LogP contribution in [0.1, 0.15) is 55.2 Å². The monoisotopic (exact) mass is 515 g/mol. The van der Waals surface area contributed by atoms with Gasteiger partial charge in [-0.3, -0.25) is 19.3 Å². The Morgan fingerprint density at radius 2 is 1.92 bits per heavy atom. The summed E-state index contributed by atoms with van der Waals surface area (Å²) < 4.78 is 18.9. The number of hydrogen-bond acceptors (Lipinski definition) is 6. The predicted octanol–water partition coefficient (Wildman–Crippen LogP) is 3.63. The Bertz CT molecular complexity index is 1090. The van der Waals surface area contributed by atoms with Crippen molar-refractivity contribution in [3.8, 4) is 0 Å². The van der Waals surface area contributed by atoms with Crippen molar-refractivity contribution < 1.29 is 23.5 Å². The van der Waals surface area contributed by atoms with Crippen LogP contribution in [0.15, 0.2) is 35.7 Å². The summed E-state index contributed by atoms with van der Waals surface area (Å²) in [6.45, 7) is 6.81. The smallest absolute Gasteiger partial charge is 0.306 e. The Morgan fingerprint density at radius 3 is 2.67 bits per heavy atom. The number of benzene rings is 1. The van der Waals surface area contributed by atoms with Gasteiger partial charge >= 0.3 is 5.97 Å². The van der Waals surface area contributed by atoms with Crippen LogP contribution in [0, 0.1) is 5.82 Å². The first-order chi connectivity index (χ1) is 17.4. The molecule has 2 atom stereocenters. The van der Waals surface area contributed by atoms with Crippen LogP contribution < -0.4 is 0 Å². The van der Waals surface area contributed by atoms with Crippen LogP contribution in [0.2, 0.25) is 0 Å². The third-order valence-corrected chi connectivity index (χ3v) is 7.99. The summed E-state index contributed by atoms with van der Waals surface area (Å²) >= 11 is 1.73. The average molecular weight is 516 g/mol. The fourth-order valence-corrected chi connectivity index (χ4v) is 6.12. The molecule has 1 aromatic carbocycles. The van der Waals surface area contributed by atoms with Gasteiger partial charge in [0.1, 0.15) is 5.82 Å². The second-order valence-electron chi connectivity index (χ2n) is 9.37. The summed E-state index contributed by atoms with van der Waals surface area (Å²) in [6, 6.07) is 8.68. The summed E-state index contributed by atoms with van der Waals surface area (Å²) in [6.07, 6.45) is 1.50. The standard InChI is InChI=1S/C27H34FN3O4S/c1-3-35-26(34)8-7-25(33)31-15-14-30(18-19(31)2)24(32)10-13-29-12-9-23-22(11-16-36-23)27(29)20-5-4-6-21(28)17-20/h4-6,11,16-17,19,27H,3,7-10,12-15,18H2,1-2H3/t19-,27+/m0/s1. The van der Waals surface area contributed by atoms with E-state index in [0.717, 1.165) is 18.5 Å². The van der Waals surface area contributed by atoms with E-state index >= 15 is 0 Å². The number of esters is 1. The van der Waals surface area contributed by atoms with Gasteiger partial charge in [0.25, 0.3) is 0 Å². The molecule has 0 saturated carbocycles. The Labute approximate surface area is 215 Å². The van der Waals surface area contributed by atoms with Crippen LogP contribution in [0.4, 0.5) is 4.39 Å². The van der Waals surface area contributed by atoms with Crippen molar-refractivity contribution in [3.63, 3.8) is 0 Å². The SMILES string of the molecule is CCOC(=O)CCC(=O)N1CCN(C(=O)CCN2CCc3sccc3[C@H]2c2cccc(F)c2)C[C@@H]1C. The number of fused-ring (bicyclic) bond motifs is 1. The normalized spacial score (nSPS) is 20.2. The van der Waals surface area contributed by atoms with Crippen LogP contribution >= 0.6 is 11.3 Å². The Balaban J connectivity index is 1.33. The first-order valence-corrected chi connectivity index (χ1v) is 13.5. The lowest BCUT2D eigenvalue weighted by Gasteiger charge is -2.41. The van der Waals surface area contributed by atoms with Crippen molar-refractivity contribution in [2.24, 2.45) is 0 Å². The fourth-order valence-electron chi connectivity index (χ4n) is 5.21. The molecule has 1 fully saturated rings. The quantitative estimate of drug-likeness (QED) is 0.503. The molecule has 7 nitrogen and oxygen atoms in total. The van der Waals surface area contributed by atoms with Gasteiger partial charge in [-0.2, -0.15) is 0 Å². The van der Waals surface area contributed by atoms with Gasteiger partial charge in [0.2, 0.25) is 11.8 Å². The zero-order valence-electron chi connectivity index (χ0n) is 21.0. The molecule has 0 aliphatic carbocycles. The van der Waals surface area contributed by atoms with Gasteiger partial charge in [-0.25, -0.2) is 4.39 Å². The van der Waals surface area contributed by atoms with E-state index in [4.69, 9.17) is 4.74 Å². The van der Waals surface area contributed by atoms with Crippen molar-refractivity contribution in [3.05, 3.63) is 57.5 Å². The number of piperazine rings is 1. The second-order valence-corrected chi connectivity index (χ2v) is 10.4. The number of nitrogens with zero attached hydrogens (tertiary/aromatic N) is 3. The predicted molar refractivity (Wildman–Crippen MR) is 136 cm³/mol. The number of thiophene rings is 1. The van der Waals surface area contributed by atoms with E-state index in [1.54, 1.807) is 35.3 Å². The molecule has 194 valence electrons. The average Bonchev–Trinajstić information content (AvgIpc) is 3.34. The number of rotatable bonds is 8. The summed E-state index contributed by atoms with van der Waals surface area (Å²) in [7, 11) is 0. The highest BCUT2D eigenvalue weighted by Gasteiger charge is 2.32. The highest BCUT2D eigenvalue weighted by Crippen LogP contribution is 2.38. The number of carbonyl (C=O) groups excluding carboxylic acids is 3. The second kappa shape index (κ2) is 12.0. The van der Waals surface area contributed by atoms with Gasteiger partial charge in [-0.15, -0.1) is 11.3 Å². The molecule has 0 bridgehead atoms. The summed E-state index contributed by atoms with van der Waals surface area (Å²) in [5.74, 6) is -0.638. The maximum Gasteiger partial charge on any atom is 0.306 e. The van der Waals surface area contributed by atoms with E-state index in [-0.39, 0.29) is 48.5 Å². The molecular weight excluding hydrogens is 481 g/mol. The molecule has 2 aromatic rings.